The number of rotatable bonds is 6. The van der Waals surface area contributed by atoms with Crippen LogP contribution in [0.1, 0.15) is 26.5 Å². The number of nitrogens with one attached hydrogen (secondary N) is 2. The minimum atomic E-state index is -0.570. The smallest absolute Gasteiger partial charge is 0.407 e. The van der Waals surface area contributed by atoms with Gasteiger partial charge in [-0.15, -0.1) is 0 Å². The molecule has 1 fully saturated rings. The predicted molar refractivity (Wildman–Crippen MR) is 102 cm³/mol. The number of alkyl carbamates (subject to hydrolysis) is 1. The monoisotopic (exact) mass is 406 g/mol. The van der Waals surface area contributed by atoms with Crippen LogP contribution in [0.15, 0.2) is 18.3 Å². The molecule has 158 valence electrons. The van der Waals surface area contributed by atoms with Crippen LogP contribution in [0.25, 0.3) is 5.70 Å². The second-order valence-corrected chi connectivity index (χ2v) is 7.94. The molecule has 2 aliphatic rings. The van der Waals surface area contributed by atoms with E-state index < -0.39 is 17.7 Å². The Morgan fingerprint density at radius 3 is 2.72 bits per heavy atom. The van der Waals surface area contributed by atoms with Crippen molar-refractivity contribution in [2.75, 3.05) is 26.2 Å². The molecule has 3 rings (SSSR count). The van der Waals surface area contributed by atoms with Crippen molar-refractivity contribution in [3.63, 3.8) is 0 Å². The van der Waals surface area contributed by atoms with E-state index >= 15 is 0 Å². The highest BCUT2D eigenvalue weighted by atomic mass is 16.6. The molecule has 4 amide bonds. The lowest BCUT2D eigenvalue weighted by molar-refractivity contribution is -0.120. The fraction of sp³-hybridized carbons (Fsp3) is 0.556. The van der Waals surface area contributed by atoms with E-state index in [1.807, 2.05) is 0 Å². The summed E-state index contributed by atoms with van der Waals surface area (Å²) in [6, 6.07) is 0.914. The third-order valence-corrected chi connectivity index (χ3v) is 4.32. The fourth-order valence-corrected chi connectivity index (χ4v) is 3.07. The quantitative estimate of drug-likeness (QED) is 0.464. The van der Waals surface area contributed by atoms with E-state index in [4.69, 9.17) is 4.74 Å². The van der Waals surface area contributed by atoms with Gasteiger partial charge in [0.2, 0.25) is 5.91 Å². The van der Waals surface area contributed by atoms with Crippen molar-refractivity contribution >= 4 is 23.7 Å². The van der Waals surface area contributed by atoms with Crippen LogP contribution >= 0.6 is 0 Å². The molecule has 2 aliphatic heterocycles. The van der Waals surface area contributed by atoms with Gasteiger partial charge in [-0.1, -0.05) is 0 Å². The summed E-state index contributed by atoms with van der Waals surface area (Å²) < 4.78 is 6.72. The van der Waals surface area contributed by atoms with Gasteiger partial charge in [-0.25, -0.2) is 14.3 Å². The number of carbonyl (C=O) groups is 3. The first kappa shape index (κ1) is 20.6. The first-order valence-electron chi connectivity index (χ1n) is 9.38. The SMILES string of the molecule is CC(C)(C)OC(=O)NCCNC(=O)Cc1ccn(C2=CC3CN(C2)C(=O)N3O)n1. The molecule has 1 aromatic heterocycles. The minimum absolute atomic E-state index is 0.0882. The molecular formula is C18H26N6O5. The third kappa shape index (κ3) is 5.25. The third-order valence-electron chi connectivity index (χ3n) is 4.32. The van der Waals surface area contributed by atoms with Crippen molar-refractivity contribution in [1.29, 1.82) is 0 Å². The Hall–Kier alpha value is -3.08. The van der Waals surface area contributed by atoms with Crippen molar-refractivity contribution in [3.8, 4) is 0 Å². The number of amides is 4. The normalized spacial score (nSPS) is 18.6. The van der Waals surface area contributed by atoms with Crippen molar-refractivity contribution in [1.82, 2.24) is 30.4 Å². The summed E-state index contributed by atoms with van der Waals surface area (Å²) in [7, 11) is 0. The van der Waals surface area contributed by atoms with Crippen LogP contribution in [-0.2, 0) is 16.0 Å². The van der Waals surface area contributed by atoms with Gasteiger partial charge in [-0.2, -0.15) is 10.2 Å². The number of hydrogen-bond donors (Lipinski definition) is 3. The van der Waals surface area contributed by atoms with E-state index in [9.17, 15) is 19.6 Å². The van der Waals surface area contributed by atoms with Crippen LogP contribution < -0.4 is 10.6 Å². The number of hydroxylamine groups is 2. The van der Waals surface area contributed by atoms with Crippen molar-refractivity contribution in [3.05, 3.63) is 24.0 Å². The molecule has 1 atom stereocenters. The summed E-state index contributed by atoms with van der Waals surface area (Å²) in [4.78, 5) is 36.9. The Morgan fingerprint density at radius 2 is 2.03 bits per heavy atom. The molecule has 0 aromatic carbocycles. The lowest BCUT2D eigenvalue weighted by atomic mass is 10.2. The average Bonchev–Trinajstić information content (AvgIpc) is 3.17. The molecular weight excluding hydrogens is 380 g/mol. The van der Waals surface area contributed by atoms with Gasteiger partial charge in [0.25, 0.3) is 0 Å². The number of urea groups is 1. The lowest BCUT2D eigenvalue weighted by Crippen LogP contribution is -2.38. The predicted octanol–water partition coefficient (Wildman–Crippen LogP) is 0.416. The summed E-state index contributed by atoms with van der Waals surface area (Å²) >= 11 is 0. The number of aromatic nitrogens is 2. The number of ether oxygens (including phenoxy) is 1. The molecule has 0 spiro atoms. The Morgan fingerprint density at radius 1 is 1.31 bits per heavy atom. The van der Waals surface area contributed by atoms with Crippen LogP contribution in [0.4, 0.5) is 9.59 Å². The Labute approximate surface area is 168 Å². The lowest BCUT2D eigenvalue weighted by Gasteiger charge is -2.20. The maximum absolute atomic E-state index is 12.1. The van der Waals surface area contributed by atoms with Gasteiger partial charge in [-0.3, -0.25) is 10.0 Å². The number of nitrogens with zero attached hydrogens (tertiary/aromatic N) is 4. The van der Waals surface area contributed by atoms with E-state index in [2.05, 4.69) is 15.7 Å². The number of carbonyl (C=O) groups excluding carboxylic acids is 3. The van der Waals surface area contributed by atoms with E-state index in [-0.39, 0.29) is 31.5 Å². The minimum Gasteiger partial charge on any atom is -0.444 e. The van der Waals surface area contributed by atoms with Crippen LogP contribution in [0, 0.1) is 0 Å². The summed E-state index contributed by atoms with van der Waals surface area (Å²) in [6.45, 7) is 6.65. The van der Waals surface area contributed by atoms with Crippen molar-refractivity contribution in [2.45, 2.75) is 38.8 Å². The van der Waals surface area contributed by atoms with E-state index in [0.717, 1.165) is 10.8 Å². The van der Waals surface area contributed by atoms with Gasteiger partial charge in [0.15, 0.2) is 0 Å². The largest absolute Gasteiger partial charge is 0.444 e. The summed E-state index contributed by atoms with van der Waals surface area (Å²) in [6.07, 6.45) is 3.07. The zero-order chi connectivity index (χ0) is 21.2. The van der Waals surface area contributed by atoms with Crippen molar-refractivity contribution in [2.24, 2.45) is 0 Å². The molecule has 0 radical (unpaired) electrons. The molecule has 0 aliphatic carbocycles. The molecule has 3 N–H and O–H groups in total. The summed E-state index contributed by atoms with van der Waals surface area (Å²) in [5.74, 6) is -0.223. The highest BCUT2D eigenvalue weighted by Gasteiger charge is 2.39. The maximum atomic E-state index is 12.1. The Bertz CT molecular complexity index is 827. The molecule has 1 aromatic rings. The number of fused-ring (bicyclic) bond motifs is 2. The molecule has 1 unspecified atom stereocenters. The first-order chi connectivity index (χ1) is 13.6. The molecule has 29 heavy (non-hydrogen) atoms. The van der Waals surface area contributed by atoms with Crippen molar-refractivity contribution < 1.29 is 24.3 Å². The summed E-state index contributed by atoms with van der Waals surface area (Å²) in [5, 5.41) is 20.1. The van der Waals surface area contributed by atoms with Gasteiger partial charge < -0.3 is 20.3 Å². The topological polar surface area (TPSA) is 129 Å². The van der Waals surface area contributed by atoms with Gasteiger partial charge >= 0.3 is 12.1 Å². The second kappa shape index (κ2) is 8.11. The van der Waals surface area contributed by atoms with Crippen LogP contribution in [0.5, 0.6) is 0 Å². The highest BCUT2D eigenvalue weighted by Crippen LogP contribution is 2.24. The first-order valence-corrected chi connectivity index (χ1v) is 9.38. The van der Waals surface area contributed by atoms with Gasteiger partial charge in [0, 0.05) is 25.8 Å². The van der Waals surface area contributed by atoms with Gasteiger partial charge in [-0.05, 0) is 32.9 Å². The van der Waals surface area contributed by atoms with Gasteiger partial charge in [0.1, 0.15) is 5.60 Å². The van der Waals surface area contributed by atoms with E-state index in [0.29, 0.717) is 18.8 Å². The Balaban J connectivity index is 1.44. The molecule has 2 bridgehead atoms. The Kier molecular flexibility index (Phi) is 5.78. The van der Waals surface area contributed by atoms with Gasteiger partial charge in [0.05, 0.1) is 30.4 Å². The molecule has 11 heteroatoms. The maximum Gasteiger partial charge on any atom is 0.407 e. The second-order valence-electron chi connectivity index (χ2n) is 7.94. The molecule has 11 nitrogen and oxygen atoms in total. The molecule has 1 saturated heterocycles. The molecule has 0 saturated carbocycles. The molecule has 3 heterocycles. The van der Waals surface area contributed by atoms with Crippen LogP contribution in [-0.4, -0.2) is 80.8 Å². The van der Waals surface area contributed by atoms with E-state index in [1.54, 1.807) is 43.8 Å². The van der Waals surface area contributed by atoms with Crippen LogP contribution in [0.3, 0.4) is 0 Å². The zero-order valence-electron chi connectivity index (χ0n) is 16.7. The zero-order valence-corrected chi connectivity index (χ0v) is 16.7. The average molecular weight is 406 g/mol. The highest BCUT2D eigenvalue weighted by molar-refractivity contribution is 5.80. The standard InChI is InChI=1S/C18H26N6O5/c1-18(2,3)29-16(26)20-6-5-19-15(25)8-12-4-7-23(21-12)13-9-14-11-22(10-13)17(27)24(14)28/h4,7,9,14,28H,5-6,8,10-11H2,1-3H3,(H,19,25)(H,20,26). The fourth-order valence-electron chi connectivity index (χ4n) is 3.07. The van der Waals surface area contributed by atoms with E-state index in [1.165, 1.54) is 4.90 Å². The van der Waals surface area contributed by atoms with Crippen LogP contribution in [0.2, 0.25) is 0 Å². The summed E-state index contributed by atoms with van der Waals surface area (Å²) in [5.41, 5.74) is 0.766. The number of hydrogen-bond acceptors (Lipinski definition) is 6.